The Morgan fingerprint density at radius 1 is 1.07 bits per heavy atom. The van der Waals surface area contributed by atoms with Gasteiger partial charge >= 0.3 is 0 Å². The largest absolute Gasteiger partial charge is 0.508 e. The Labute approximate surface area is 237 Å². The van der Waals surface area contributed by atoms with Crippen LogP contribution in [0.25, 0.3) is 16.5 Å². The number of amides is 1. The summed E-state index contributed by atoms with van der Waals surface area (Å²) in [5.41, 5.74) is 6.31. The molecule has 41 heavy (non-hydrogen) atoms. The fourth-order valence-electron chi connectivity index (χ4n) is 5.32. The molecule has 0 spiro atoms. The number of carbonyl (C=O) groups is 1. The number of carbonyl (C=O) groups excluding carboxylic acids is 1. The first-order chi connectivity index (χ1) is 19.9. The number of phenols is 1. The maximum Gasteiger partial charge on any atom is 0.252 e. The van der Waals surface area contributed by atoms with Gasteiger partial charge in [-0.15, -0.1) is 0 Å². The third kappa shape index (κ3) is 5.88. The number of nitrogens with one attached hydrogen (secondary N) is 3. The lowest BCUT2D eigenvalue weighted by Crippen LogP contribution is -2.30. The molecule has 0 saturated carbocycles. The molecular formula is C33H30FN5O2. The Morgan fingerprint density at radius 3 is 2.68 bits per heavy atom. The van der Waals surface area contributed by atoms with Gasteiger partial charge in [-0.1, -0.05) is 35.9 Å². The molecule has 7 nitrogen and oxygen atoms in total. The molecule has 0 bridgehead atoms. The molecule has 8 heteroatoms. The van der Waals surface area contributed by atoms with Crippen LogP contribution in [0.5, 0.6) is 5.75 Å². The summed E-state index contributed by atoms with van der Waals surface area (Å²) in [5, 5.41) is 17.9. The van der Waals surface area contributed by atoms with Crippen LogP contribution in [0, 0.1) is 12.7 Å². The van der Waals surface area contributed by atoms with Gasteiger partial charge in [0, 0.05) is 53.3 Å². The number of H-pyrrole nitrogens is 1. The van der Waals surface area contributed by atoms with E-state index in [0.717, 1.165) is 47.1 Å². The van der Waals surface area contributed by atoms with Crippen molar-refractivity contribution in [3.8, 4) is 5.75 Å². The van der Waals surface area contributed by atoms with E-state index in [1.165, 1.54) is 23.8 Å². The monoisotopic (exact) mass is 547 g/mol. The Hall–Kier alpha value is -4.82. The quantitative estimate of drug-likeness (QED) is 0.213. The van der Waals surface area contributed by atoms with E-state index in [1.54, 1.807) is 6.07 Å². The average molecular weight is 548 g/mol. The second kappa shape index (κ2) is 11.3. The molecule has 0 fully saturated rings. The molecule has 0 radical (unpaired) electrons. The van der Waals surface area contributed by atoms with Crippen molar-refractivity contribution < 1.29 is 14.3 Å². The number of phenolic OH excluding ortho intramolecular Hbond substituents is 1. The fraction of sp³-hybridized carbons (Fsp3) is 0.182. The normalized spacial score (nSPS) is 14.0. The summed E-state index contributed by atoms with van der Waals surface area (Å²) in [6.07, 6.45) is 7.31. The third-order valence-electron chi connectivity index (χ3n) is 7.34. The number of rotatable bonds is 7. The van der Waals surface area contributed by atoms with Crippen molar-refractivity contribution >= 4 is 22.4 Å². The van der Waals surface area contributed by atoms with Crippen LogP contribution in [-0.2, 0) is 6.42 Å². The molecular weight excluding hydrogens is 517 g/mol. The first kappa shape index (κ1) is 26.4. The van der Waals surface area contributed by atoms with E-state index < -0.39 is 11.9 Å². The minimum Gasteiger partial charge on any atom is -0.508 e. The van der Waals surface area contributed by atoms with Gasteiger partial charge in [-0.05, 0) is 78.9 Å². The lowest BCUT2D eigenvalue weighted by molar-refractivity contribution is 0.0942. The summed E-state index contributed by atoms with van der Waals surface area (Å²) < 4.78 is 14.3. The number of hydrogen-bond acceptors (Lipinski definition) is 5. The standard InChI is InChI=1S/C33H30FN5O2/c1-20-12-21(15-31-36-18-25(19-37-31)22-8-10-35-11-9-22)14-24(13-20)33(41)39-32(27-17-26(34)6-7-30(27)40)29-16-23-4-2-3-5-28(23)38-29/h2-8,12-14,16-19,32,35,38,40H,9-11,15H2,1H3,(H,39,41)/t32-/m1/s1. The number of aromatic hydroxyl groups is 1. The Bertz CT molecular complexity index is 1730. The third-order valence-corrected chi connectivity index (χ3v) is 7.34. The van der Waals surface area contributed by atoms with Crippen LogP contribution in [-0.4, -0.2) is 39.1 Å². The van der Waals surface area contributed by atoms with Crippen molar-refractivity contribution in [2.45, 2.75) is 25.8 Å². The van der Waals surface area contributed by atoms with E-state index in [9.17, 15) is 14.3 Å². The number of aryl methyl sites for hydroxylation is 1. The molecule has 1 aliphatic rings. The molecule has 1 amide bonds. The molecule has 6 rings (SSSR count). The molecule has 1 atom stereocenters. The highest BCUT2D eigenvalue weighted by Crippen LogP contribution is 2.32. The summed E-state index contributed by atoms with van der Waals surface area (Å²) in [4.78, 5) is 26.1. The summed E-state index contributed by atoms with van der Waals surface area (Å²) in [6, 6.07) is 18.2. The van der Waals surface area contributed by atoms with E-state index in [0.29, 0.717) is 23.5 Å². The Kier molecular flexibility index (Phi) is 7.31. The van der Waals surface area contributed by atoms with Crippen LogP contribution < -0.4 is 10.6 Å². The van der Waals surface area contributed by atoms with Crippen LogP contribution in [0.4, 0.5) is 4.39 Å². The highest BCUT2D eigenvalue weighted by Gasteiger charge is 2.24. The molecule has 0 aliphatic carbocycles. The van der Waals surface area contributed by atoms with Gasteiger partial charge < -0.3 is 20.7 Å². The van der Waals surface area contributed by atoms with Gasteiger partial charge in [0.15, 0.2) is 0 Å². The molecule has 2 aromatic heterocycles. The van der Waals surface area contributed by atoms with Crippen molar-refractivity contribution in [1.29, 1.82) is 0 Å². The first-order valence-electron chi connectivity index (χ1n) is 13.6. The summed E-state index contributed by atoms with van der Waals surface area (Å²) in [5.74, 6) is -0.299. The number of aromatic amines is 1. The number of para-hydroxylation sites is 1. The number of aromatic nitrogens is 3. The van der Waals surface area contributed by atoms with Gasteiger partial charge in [0.2, 0.25) is 0 Å². The maximum absolute atomic E-state index is 14.3. The number of halogens is 1. The molecule has 206 valence electrons. The van der Waals surface area contributed by atoms with Crippen molar-refractivity contribution in [3.63, 3.8) is 0 Å². The molecule has 3 heterocycles. The van der Waals surface area contributed by atoms with Gasteiger partial charge in [-0.25, -0.2) is 14.4 Å². The van der Waals surface area contributed by atoms with E-state index >= 15 is 0 Å². The van der Waals surface area contributed by atoms with E-state index in [4.69, 9.17) is 0 Å². The second-order valence-corrected chi connectivity index (χ2v) is 10.4. The van der Waals surface area contributed by atoms with Crippen LogP contribution in [0.1, 0.15) is 56.6 Å². The molecule has 0 saturated heterocycles. The predicted octanol–water partition coefficient (Wildman–Crippen LogP) is 5.60. The Balaban J connectivity index is 1.27. The highest BCUT2D eigenvalue weighted by atomic mass is 19.1. The number of hydrogen-bond donors (Lipinski definition) is 4. The van der Waals surface area contributed by atoms with Gasteiger partial charge in [-0.3, -0.25) is 4.79 Å². The maximum atomic E-state index is 14.3. The lowest BCUT2D eigenvalue weighted by Gasteiger charge is -2.20. The zero-order chi connectivity index (χ0) is 28.3. The van der Waals surface area contributed by atoms with E-state index in [1.807, 2.05) is 61.8 Å². The van der Waals surface area contributed by atoms with Gasteiger partial charge in [0.25, 0.3) is 5.91 Å². The summed E-state index contributed by atoms with van der Waals surface area (Å²) in [6.45, 7) is 3.73. The first-order valence-corrected chi connectivity index (χ1v) is 13.6. The van der Waals surface area contributed by atoms with Crippen LogP contribution in [0.2, 0.25) is 0 Å². The lowest BCUT2D eigenvalue weighted by atomic mass is 10.00. The smallest absolute Gasteiger partial charge is 0.252 e. The van der Waals surface area contributed by atoms with E-state index in [-0.39, 0.29) is 17.2 Å². The summed E-state index contributed by atoms with van der Waals surface area (Å²) in [7, 11) is 0. The topological polar surface area (TPSA) is 103 Å². The minimum atomic E-state index is -0.810. The minimum absolute atomic E-state index is 0.110. The number of benzene rings is 3. The molecule has 4 N–H and O–H groups in total. The zero-order valence-corrected chi connectivity index (χ0v) is 22.6. The van der Waals surface area contributed by atoms with Crippen LogP contribution >= 0.6 is 0 Å². The second-order valence-electron chi connectivity index (χ2n) is 10.4. The molecule has 1 aliphatic heterocycles. The number of nitrogens with zero attached hydrogens (tertiary/aromatic N) is 2. The van der Waals surface area contributed by atoms with Crippen molar-refractivity contribution in [1.82, 2.24) is 25.6 Å². The molecule has 3 aromatic carbocycles. The summed E-state index contributed by atoms with van der Waals surface area (Å²) >= 11 is 0. The molecule has 0 unspecified atom stereocenters. The fourth-order valence-corrected chi connectivity index (χ4v) is 5.32. The SMILES string of the molecule is Cc1cc(Cc2ncc(C3=CCNCC3)cn2)cc(C(=O)N[C@@H](c2cc3ccccc3[nH]2)c2cc(F)ccc2O)c1. The van der Waals surface area contributed by atoms with Gasteiger partial charge in [-0.2, -0.15) is 0 Å². The average Bonchev–Trinajstić information content (AvgIpc) is 3.42. The van der Waals surface area contributed by atoms with Crippen molar-refractivity contribution in [3.05, 3.63) is 130 Å². The zero-order valence-electron chi connectivity index (χ0n) is 22.6. The number of fused-ring (bicyclic) bond motifs is 1. The van der Waals surface area contributed by atoms with Crippen molar-refractivity contribution in [2.24, 2.45) is 0 Å². The van der Waals surface area contributed by atoms with Crippen LogP contribution in [0.15, 0.2) is 85.2 Å². The molecule has 5 aromatic rings. The predicted molar refractivity (Wildman–Crippen MR) is 157 cm³/mol. The van der Waals surface area contributed by atoms with E-state index in [2.05, 4.69) is 31.7 Å². The Morgan fingerprint density at radius 2 is 1.90 bits per heavy atom. The van der Waals surface area contributed by atoms with Crippen LogP contribution in [0.3, 0.4) is 0 Å². The van der Waals surface area contributed by atoms with Gasteiger partial charge in [0.05, 0.1) is 6.04 Å². The van der Waals surface area contributed by atoms with Crippen molar-refractivity contribution in [2.75, 3.05) is 13.1 Å². The van der Waals surface area contributed by atoms with Gasteiger partial charge in [0.1, 0.15) is 17.4 Å². The highest BCUT2D eigenvalue weighted by molar-refractivity contribution is 5.95.